The van der Waals surface area contributed by atoms with Gasteiger partial charge in [-0.2, -0.15) is 16.6 Å². The minimum Gasteiger partial charge on any atom is -0.328 e. The predicted molar refractivity (Wildman–Crippen MR) is 51.6 cm³/mol. The Morgan fingerprint density at radius 1 is 1.69 bits per heavy atom. The number of carbonyl (C=O) groups is 1. The Kier molecular flexibility index (Phi) is 3.04. The summed E-state index contributed by atoms with van der Waals surface area (Å²) in [6.45, 7) is 2.03. The van der Waals surface area contributed by atoms with Crippen molar-refractivity contribution in [3.05, 3.63) is 21.9 Å². The van der Waals surface area contributed by atoms with Gasteiger partial charge < -0.3 is 4.90 Å². The lowest BCUT2D eigenvalue weighted by Gasteiger charge is -2.12. The molecule has 0 atom stereocenters. The van der Waals surface area contributed by atoms with Gasteiger partial charge in [-0.15, -0.1) is 0 Å². The van der Waals surface area contributed by atoms with Crippen molar-refractivity contribution in [1.82, 2.24) is 4.90 Å². The number of rotatable bonds is 2. The van der Waals surface area contributed by atoms with Crippen LogP contribution in [0.25, 0.3) is 0 Å². The Hall–Kier alpha value is -1.34. The van der Waals surface area contributed by atoms with Crippen molar-refractivity contribution in [3.8, 4) is 6.07 Å². The molecule has 0 bridgehead atoms. The molecule has 68 valence electrons. The molecule has 0 radical (unpaired) electrons. The average molecular weight is 194 g/mol. The zero-order chi connectivity index (χ0) is 9.84. The van der Waals surface area contributed by atoms with Crippen LogP contribution in [0.3, 0.4) is 0 Å². The third-order valence-corrected chi connectivity index (χ3v) is 2.60. The zero-order valence-electron chi connectivity index (χ0n) is 7.57. The van der Waals surface area contributed by atoms with Crippen molar-refractivity contribution < 1.29 is 4.79 Å². The molecular formula is C9H10N2OS. The summed E-state index contributed by atoms with van der Waals surface area (Å²) in [6, 6.07) is 1.94. The lowest BCUT2D eigenvalue weighted by atomic mass is 10.2. The first-order valence-electron chi connectivity index (χ1n) is 3.82. The molecule has 0 N–H and O–H groups in total. The molecule has 1 amide bonds. The second kappa shape index (κ2) is 4.06. The third kappa shape index (κ3) is 2.07. The van der Waals surface area contributed by atoms with Crippen LogP contribution in [0.5, 0.6) is 0 Å². The van der Waals surface area contributed by atoms with E-state index >= 15 is 0 Å². The van der Waals surface area contributed by atoms with E-state index in [0.717, 1.165) is 5.56 Å². The summed E-state index contributed by atoms with van der Waals surface area (Å²) in [7, 11) is 1.63. The van der Waals surface area contributed by atoms with Gasteiger partial charge in [0, 0.05) is 12.4 Å². The van der Waals surface area contributed by atoms with Crippen molar-refractivity contribution >= 4 is 17.2 Å². The topological polar surface area (TPSA) is 44.1 Å². The minimum atomic E-state index is -0.0831. The Morgan fingerprint density at radius 3 is 2.85 bits per heavy atom. The molecule has 0 saturated carbocycles. The summed E-state index contributed by atoms with van der Waals surface area (Å²) in [5.41, 5.74) is 1.67. The highest BCUT2D eigenvalue weighted by molar-refractivity contribution is 7.08. The first kappa shape index (κ1) is 9.75. The lowest BCUT2D eigenvalue weighted by Crippen LogP contribution is -2.27. The number of hydrogen-bond acceptors (Lipinski definition) is 3. The number of thiophene rings is 1. The molecule has 0 saturated heterocycles. The van der Waals surface area contributed by atoms with E-state index in [-0.39, 0.29) is 12.5 Å². The van der Waals surface area contributed by atoms with E-state index in [9.17, 15) is 4.79 Å². The fourth-order valence-corrected chi connectivity index (χ4v) is 1.79. The number of amides is 1. The maximum atomic E-state index is 11.6. The molecule has 0 aliphatic rings. The molecule has 0 aliphatic carbocycles. The van der Waals surface area contributed by atoms with Crippen molar-refractivity contribution in [3.63, 3.8) is 0 Å². The maximum Gasteiger partial charge on any atom is 0.255 e. The van der Waals surface area contributed by atoms with Gasteiger partial charge in [-0.25, -0.2) is 0 Å². The van der Waals surface area contributed by atoms with Gasteiger partial charge in [0.2, 0.25) is 0 Å². The number of aryl methyl sites for hydroxylation is 1. The van der Waals surface area contributed by atoms with Gasteiger partial charge >= 0.3 is 0 Å². The van der Waals surface area contributed by atoms with Gasteiger partial charge in [0.1, 0.15) is 6.54 Å². The van der Waals surface area contributed by atoms with E-state index in [2.05, 4.69) is 0 Å². The second-order valence-corrected chi connectivity index (χ2v) is 3.53. The minimum absolute atomic E-state index is 0.0831. The zero-order valence-corrected chi connectivity index (χ0v) is 8.39. The molecule has 0 spiro atoms. The van der Waals surface area contributed by atoms with Gasteiger partial charge in [0.15, 0.2) is 0 Å². The summed E-state index contributed by atoms with van der Waals surface area (Å²) >= 11 is 1.50. The van der Waals surface area contributed by atoms with Crippen LogP contribution >= 0.6 is 11.3 Å². The van der Waals surface area contributed by atoms with Gasteiger partial charge in [0.05, 0.1) is 11.6 Å². The van der Waals surface area contributed by atoms with Crippen molar-refractivity contribution in [2.24, 2.45) is 0 Å². The molecule has 0 fully saturated rings. The SMILES string of the molecule is Cc1cscc1C(=O)N(C)CC#N. The van der Waals surface area contributed by atoms with Crippen molar-refractivity contribution in [2.45, 2.75) is 6.92 Å². The maximum absolute atomic E-state index is 11.6. The summed E-state index contributed by atoms with van der Waals surface area (Å²) < 4.78 is 0. The molecule has 0 aromatic carbocycles. The first-order chi connectivity index (χ1) is 6.16. The highest BCUT2D eigenvalue weighted by atomic mass is 32.1. The third-order valence-electron chi connectivity index (χ3n) is 1.74. The normalized spacial score (nSPS) is 9.31. The van der Waals surface area contributed by atoms with E-state index in [1.165, 1.54) is 16.2 Å². The fraction of sp³-hybridized carbons (Fsp3) is 0.333. The average Bonchev–Trinajstić information content (AvgIpc) is 2.50. The fourth-order valence-electron chi connectivity index (χ4n) is 0.963. The summed E-state index contributed by atoms with van der Waals surface area (Å²) in [5, 5.41) is 12.1. The molecule has 1 aromatic heterocycles. The van der Waals surface area contributed by atoms with E-state index in [0.29, 0.717) is 5.56 Å². The number of nitriles is 1. The highest BCUT2D eigenvalue weighted by Crippen LogP contribution is 2.15. The number of nitrogens with zero attached hydrogens (tertiary/aromatic N) is 2. The first-order valence-corrected chi connectivity index (χ1v) is 4.76. The van der Waals surface area contributed by atoms with Crippen molar-refractivity contribution in [2.75, 3.05) is 13.6 Å². The second-order valence-electron chi connectivity index (χ2n) is 2.79. The molecule has 0 aliphatic heterocycles. The van der Waals surface area contributed by atoms with Crippen LogP contribution < -0.4 is 0 Å². The van der Waals surface area contributed by atoms with E-state index < -0.39 is 0 Å². The van der Waals surface area contributed by atoms with Gasteiger partial charge in [0.25, 0.3) is 5.91 Å². The Balaban J connectivity index is 2.81. The monoisotopic (exact) mass is 194 g/mol. The van der Waals surface area contributed by atoms with Crippen LogP contribution in [-0.4, -0.2) is 24.4 Å². The Labute approximate surface area is 81.2 Å². The molecule has 1 aromatic rings. The van der Waals surface area contributed by atoms with Crippen LogP contribution in [0.4, 0.5) is 0 Å². The van der Waals surface area contributed by atoms with E-state index in [1.54, 1.807) is 7.05 Å². The van der Waals surface area contributed by atoms with Gasteiger partial charge in [-0.05, 0) is 17.9 Å². The smallest absolute Gasteiger partial charge is 0.255 e. The van der Waals surface area contributed by atoms with Gasteiger partial charge in [-0.1, -0.05) is 0 Å². The lowest BCUT2D eigenvalue weighted by molar-refractivity contribution is 0.0812. The molecule has 3 nitrogen and oxygen atoms in total. The quantitative estimate of drug-likeness (QED) is 0.672. The standard InChI is InChI=1S/C9H10N2OS/c1-7-5-13-6-8(7)9(12)11(2)4-3-10/h5-6H,4H2,1-2H3. The van der Waals surface area contributed by atoms with Crippen LogP contribution in [0.1, 0.15) is 15.9 Å². The number of hydrogen-bond donors (Lipinski definition) is 0. The van der Waals surface area contributed by atoms with Crippen LogP contribution in [-0.2, 0) is 0 Å². The Morgan fingerprint density at radius 2 is 2.38 bits per heavy atom. The molecular weight excluding hydrogens is 184 g/mol. The molecule has 1 heterocycles. The molecule has 1 rings (SSSR count). The van der Waals surface area contributed by atoms with Gasteiger partial charge in [-0.3, -0.25) is 4.79 Å². The number of carbonyl (C=O) groups excluding carboxylic acids is 1. The summed E-state index contributed by atoms with van der Waals surface area (Å²) in [6.07, 6.45) is 0. The van der Waals surface area contributed by atoms with Crippen LogP contribution in [0.2, 0.25) is 0 Å². The van der Waals surface area contributed by atoms with Crippen LogP contribution in [0, 0.1) is 18.3 Å². The molecule has 0 unspecified atom stereocenters. The van der Waals surface area contributed by atoms with E-state index in [4.69, 9.17) is 5.26 Å². The van der Waals surface area contributed by atoms with E-state index in [1.807, 2.05) is 23.8 Å². The van der Waals surface area contributed by atoms with Crippen LogP contribution in [0.15, 0.2) is 10.8 Å². The van der Waals surface area contributed by atoms with Crippen molar-refractivity contribution in [1.29, 1.82) is 5.26 Å². The molecule has 13 heavy (non-hydrogen) atoms. The predicted octanol–water partition coefficient (Wildman–Crippen LogP) is 1.65. The highest BCUT2D eigenvalue weighted by Gasteiger charge is 2.13. The summed E-state index contributed by atoms with van der Waals surface area (Å²) in [4.78, 5) is 13.0. The largest absolute Gasteiger partial charge is 0.328 e. The molecule has 4 heteroatoms. The Bertz CT molecular complexity index is 351. The summed E-state index contributed by atoms with van der Waals surface area (Å²) in [5.74, 6) is -0.0831.